The second-order valence-electron chi connectivity index (χ2n) is 6.33. The van der Waals surface area contributed by atoms with Crippen molar-refractivity contribution in [2.75, 3.05) is 13.1 Å². The van der Waals surface area contributed by atoms with Crippen LogP contribution in [0.15, 0.2) is 46.0 Å². The van der Waals surface area contributed by atoms with Crippen molar-refractivity contribution in [1.82, 2.24) is 10.6 Å². The number of hydrogen-bond donors (Lipinski definition) is 2. The summed E-state index contributed by atoms with van der Waals surface area (Å²) in [6.45, 7) is 3.80. The topological polar surface area (TPSA) is 92.3 Å². The molecule has 2 aromatic rings. The van der Waals surface area contributed by atoms with E-state index in [0.717, 1.165) is 23.5 Å². The number of nitrogens with one attached hydrogen (secondary N) is 2. The average molecular weight is 413 g/mol. The normalized spacial score (nSPS) is 12.6. The number of carbonyl (C=O) groups is 2. The molecule has 2 amide bonds. The van der Waals surface area contributed by atoms with Crippen molar-refractivity contribution < 1.29 is 22.4 Å². The SMILES string of the molecule is CC(C)CNC(=O)C(=O)NC[C@@H](c1ccc(F)cc1)S(=O)(=O)c1cccs1. The number of sulfone groups is 1. The first-order valence-corrected chi connectivity index (χ1v) is 10.7. The predicted molar refractivity (Wildman–Crippen MR) is 102 cm³/mol. The van der Waals surface area contributed by atoms with Gasteiger partial charge in [0.15, 0.2) is 9.84 Å². The summed E-state index contributed by atoms with van der Waals surface area (Å²) < 4.78 is 39.2. The Morgan fingerprint density at radius 3 is 2.15 bits per heavy atom. The molecule has 2 N–H and O–H groups in total. The van der Waals surface area contributed by atoms with E-state index >= 15 is 0 Å². The summed E-state index contributed by atoms with van der Waals surface area (Å²) in [4.78, 5) is 23.8. The fourth-order valence-electron chi connectivity index (χ4n) is 2.29. The molecule has 0 aliphatic heterocycles. The maximum absolute atomic E-state index is 13.2. The number of carbonyl (C=O) groups excluding carboxylic acids is 2. The van der Waals surface area contributed by atoms with Crippen LogP contribution in [-0.4, -0.2) is 33.3 Å². The summed E-state index contributed by atoms with van der Waals surface area (Å²) in [7, 11) is -3.82. The number of rotatable bonds is 7. The monoisotopic (exact) mass is 412 g/mol. The van der Waals surface area contributed by atoms with Crippen molar-refractivity contribution in [2.24, 2.45) is 5.92 Å². The van der Waals surface area contributed by atoms with Crippen molar-refractivity contribution in [1.29, 1.82) is 0 Å². The molecule has 0 spiro atoms. The molecular weight excluding hydrogens is 391 g/mol. The van der Waals surface area contributed by atoms with Crippen LogP contribution in [-0.2, 0) is 19.4 Å². The van der Waals surface area contributed by atoms with E-state index in [2.05, 4.69) is 10.6 Å². The van der Waals surface area contributed by atoms with Gasteiger partial charge in [-0.2, -0.15) is 0 Å². The van der Waals surface area contributed by atoms with Crippen LogP contribution in [0.1, 0.15) is 24.7 Å². The summed E-state index contributed by atoms with van der Waals surface area (Å²) in [5, 5.41) is 5.33. The Morgan fingerprint density at radius 2 is 1.63 bits per heavy atom. The molecule has 0 radical (unpaired) electrons. The molecule has 1 aromatic carbocycles. The minimum atomic E-state index is -3.82. The highest BCUT2D eigenvalue weighted by molar-refractivity contribution is 7.93. The Hall–Kier alpha value is -2.26. The van der Waals surface area contributed by atoms with Crippen LogP contribution in [0.25, 0.3) is 0 Å². The molecule has 0 saturated carbocycles. The molecule has 6 nitrogen and oxygen atoms in total. The van der Waals surface area contributed by atoms with Crippen LogP contribution in [0.2, 0.25) is 0 Å². The van der Waals surface area contributed by atoms with E-state index in [1.165, 1.54) is 18.2 Å². The van der Waals surface area contributed by atoms with Gasteiger partial charge in [-0.25, -0.2) is 12.8 Å². The third-order valence-corrected chi connectivity index (χ3v) is 7.25. The summed E-state index contributed by atoms with van der Waals surface area (Å²) >= 11 is 1.05. The quantitative estimate of drug-likeness (QED) is 0.683. The molecule has 2 rings (SSSR count). The van der Waals surface area contributed by atoms with Crippen LogP contribution in [0.5, 0.6) is 0 Å². The van der Waals surface area contributed by atoms with E-state index in [-0.39, 0.29) is 16.7 Å². The molecule has 0 aliphatic rings. The van der Waals surface area contributed by atoms with Gasteiger partial charge in [0.25, 0.3) is 0 Å². The Kier molecular flexibility index (Phi) is 7.09. The Balaban J connectivity index is 2.20. The highest BCUT2D eigenvalue weighted by Gasteiger charge is 2.31. The highest BCUT2D eigenvalue weighted by atomic mass is 32.2. The van der Waals surface area contributed by atoms with Gasteiger partial charge < -0.3 is 10.6 Å². The van der Waals surface area contributed by atoms with Gasteiger partial charge in [-0.3, -0.25) is 9.59 Å². The zero-order valence-corrected chi connectivity index (χ0v) is 16.6. The van der Waals surface area contributed by atoms with Crippen molar-refractivity contribution >= 4 is 33.0 Å². The third kappa shape index (κ3) is 5.61. The summed E-state index contributed by atoms with van der Waals surface area (Å²) in [5.41, 5.74) is 0.327. The standard InChI is InChI=1S/C18H21FN2O4S2/c1-12(2)10-20-17(22)18(23)21-11-15(13-5-7-14(19)8-6-13)27(24,25)16-4-3-9-26-16/h3-9,12,15H,10-11H2,1-2H3,(H,20,22)(H,21,23)/t15-/m0/s1. The van der Waals surface area contributed by atoms with Gasteiger partial charge in [-0.1, -0.05) is 32.0 Å². The van der Waals surface area contributed by atoms with Gasteiger partial charge >= 0.3 is 11.8 Å². The van der Waals surface area contributed by atoms with Crippen molar-refractivity contribution in [2.45, 2.75) is 23.3 Å². The summed E-state index contributed by atoms with van der Waals surface area (Å²) in [6.07, 6.45) is 0. The van der Waals surface area contributed by atoms with Gasteiger partial charge in [-0.15, -0.1) is 11.3 Å². The predicted octanol–water partition coefficient (Wildman–Crippen LogP) is 2.29. The molecule has 146 valence electrons. The molecule has 0 aliphatic carbocycles. The lowest BCUT2D eigenvalue weighted by Gasteiger charge is -2.18. The first-order chi connectivity index (χ1) is 12.7. The fourth-order valence-corrected chi connectivity index (χ4v) is 5.16. The zero-order chi connectivity index (χ0) is 20.0. The molecule has 1 heterocycles. The van der Waals surface area contributed by atoms with Gasteiger partial charge in [0.2, 0.25) is 0 Å². The molecule has 0 saturated heterocycles. The number of benzene rings is 1. The van der Waals surface area contributed by atoms with Crippen LogP contribution in [0.3, 0.4) is 0 Å². The van der Waals surface area contributed by atoms with Gasteiger partial charge in [0.1, 0.15) is 15.3 Å². The Morgan fingerprint density at radius 1 is 1.04 bits per heavy atom. The van der Waals surface area contributed by atoms with Crippen LogP contribution < -0.4 is 10.6 Å². The summed E-state index contributed by atoms with van der Waals surface area (Å²) in [6, 6.07) is 8.10. The maximum atomic E-state index is 13.2. The molecule has 0 bridgehead atoms. The summed E-state index contributed by atoms with van der Waals surface area (Å²) in [5.74, 6) is -2.06. The third-order valence-electron chi connectivity index (χ3n) is 3.72. The number of amides is 2. The first-order valence-electron chi connectivity index (χ1n) is 8.30. The largest absolute Gasteiger partial charge is 0.348 e. The van der Waals surface area contributed by atoms with Gasteiger partial charge in [0, 0.05) is 13.1 Å². The van der Waals surface area contributed by atoms with Gasteiger partial charge in [-0.05, 0) is 35.1 Å². The smallest absolute Gasteiger partial charge is 0.309 e. The zero-order valence-electron chi connectivity index (χ0n) is 14.9. The van der Waals surface area contributed by atoms with Crippen LogP contribution >= 0.6 is 11.3 Å². The van der Waals surface area contributed by atoms with Crippen molar-refractivity contribution in [3.05, 3.63) is 53.2 Å². The highest BCUT2D eigenvalue weighted by Crippen LogP contribution is 2.31. The minimum absolute atomic E-state index is 0.135. The van der Waals surface area contributed by atoms with Crippen LogP contribution in [0.4, 0.5) is 4.39 Å². The van der Waals surface area contributed by atoms with Crippen molar-refractivity contribution in [3.63, 3.8) is 0 Å². The lowest BCUT2D eigenvalue weighted by Crippen LogP contribution is -2.43. The molecule has 0 fully saturated rings. The maximum Gasteiger partial charge on any atom is 0.309 e. The van der Waals surface area contributed by atoms with E-state index in [1.54, 1.807) is 11.4 Å². The van der Waals surface area contributed by atoms with E-state index in [1.807, 2.05) is 13.8 Å². The van der Waals surface area contributed by atoms with E-state index in [4.69, 9.17) is 0 Å². The molecular formula is C18H21FN2O4S2. The van der Waals surface area contributed by atoms with Crippen molar-refractivity contribution in [3.8, 4) is 0 Å². The van der Waals surface area contributed by atoms with Gasteiger partial charge in [0.05, 0.1) is 0 Å². The number of halogens is 1. The Labute approximate surface area is 161 Å². The lowest BCUT2D eigenvalue weighted by atomic mass is 10.1. The minimum Gasteiger partial charge on any atom is -0.348 e. The van der Waals surface area contributed by atoms with E-state index in [0.29, 0.717) is 12.1 Å². The second-order valence-corrected chi connectivity index (χ2v) is 9.64. The second kappa shape index (κ2) is 9.09. The molecule has 1 atom stereocenters. The molecule has 1 aromatic heterocycles. The number of thiophene rings is 1. The number of hydrogen-bond acceptors (Lipinski definition) is 5. The molecule has 0 unspecified atom stereocenters. The van der Waals surface area contributed by atoms with E-state index < -0.39 is 32.7 Å². The molecule has 27 heavy (non-hydrogen) atoms. The first kappa shape index (κ1) is 21.0. The fraction of sp³-hybridized carbons (Fsp3) is 0.333. The van der Waals surface area contributed by atoms with Crippen LogP contribution in [0, 0.1) is 11.7 Å². The molecule has 9 heteroatoms. The lowest BCUT2D eigenvalue weighted by molar-refractivity contribution is -0.139. The van der Waals surface area contributed by atoms with E-state index in [9.17, 15) is 22.4 Å². The average Bonchev–Trinajstić information content (AvgIpc) is 3.16. The Bertz CT molecular complexity index is 879.